The van der Waals surface area contributed by atoms with Crippen molar-refractivity contribution in [1.82, 2.24) is 9.88 Å². The normalized spacial score (nSPS) is 10.8. The number of aryl methyl sites for hydroxylation is 1. The van der Waals surface area contributed by atoms with E-state index in [1.54, 1.807) is 4.90 Å². The number of hydrogen-bond acceptors (Lipinski definition) is 2. The van der Waals surface area contributed by atoms with E-state index in [1.165, 1.54) is 0 Å². The lowest BCUT2D eigenvalue weighted by molar-refractivity contribution is -0.130. The van der Waals surface area contributed by atoms with Gasteiger partial charge in [-0.2, -0.15) is 0 Å². The Balaban J connectivity index is 2.45. The van der Waals surface area contributed by atoms with Gasteiger partial charge in [0.2, 0.25) is 5.91 Å². The van der Waals surface area contributed by atoms with Gasteiger partial charge in [0.05, 0.1) is 6.42 Å². The van der Waals surface area contributed by atoms with Gasteiger partial charge in [-0.1, -0.05) is 18.2 Å². The van der Waals surface area contributed by atoms with Gasteiger partial charge in [-0.05, 0) is 32.4 Å². The molecule has 2 aromatic rings. The molecule has 1 amide bonds. The molecule has 1 heterocycles. The molecular weight excluding hydrogens is 252 g/mol. The molecular formula is C16H20N2O2. The first-order valence-electron chi connectivity index (χ1n) is 6.96. The summed E-state index contributed by atoms with van der Waals surface area (Å²) in [4.78, 5) is 28.9. The minimum atomic E-state index is -0.165. The summed E-state index contributed by atoms with van der Waals surface area (Å²) in [5.74, 6) is -0.00104. The molecule has 0 atom stereocenters. The largest absolute Gasteiger partial charge is 0.343 e. The lowest BCUT2D eigenvalue weighted by Crippen LogP contribution is -2.33. The van der Waals surface area contributed by atoms with Crippen LogP contribution < -0.4 is 5.56 Å². The number of rotatable bonds is 4. The van der Waals surface area contributed by atoms with E-state index in [9.17, 15) is 9.59 Å². The molecule has 4 heteroatoms. The van der Waals surface area contributed by atoms with Crippen molar-refractivity contribution in [3.8, 4) is 0 Å². The molecule has 0 aliphatic rings. The number of aromatic nitrogens is 1. The Morgan fingerprint density at radius 2 is 1.85 bits per heavy atom. The minimum Gasteiger partial charge on any atom is -0.343 e. The monoisotopic (exact) mass is 272 g/mol. The number of carbonyl (C=O) groups is 1. The zero-order chi connectivity index (χ0) is 14.7. The Kier molecular flexibility index (Phi) is 4.23. The van der Waals surface area contributed by atoms with E-state index >= 15 is 0 Å². The average molecular weight is 272 g/mol. The summed E-state index contributed by atoms with van der Waals surface area (Å²) in [5, 5.41) is 0.995. The summed E-state index contributed by atoms with van der Waals surface area (Å²) < 4.78 is 0. The van der Waals surface area contributed by atoms with Crippen molar-refractivity contribution in [2.24, 2.45) is 0 Å². The number of pyridine rings is 1. The summed E-state index contributed by atoms with van der Waals surface area (Å²) in [6.45, 7) is 7.12. The molecule has 0 unspecified atom stereocenters. The second kappa shape index (κ2) is 5.90. The van der Waals surface area contributed by atoms with Gasteiger partial charge in [-0.15, -0.1) is 0 Å². The number of nitrogens with one attached hydrogen (secondary N) is 1. The standard InChI is InChI=1S/C16H20N2O2/c1-4-18(5-2)15(19)10-13-11(3)12-8-6-7-9-14(12)17-16(13)20/h6-9H,4-5,10H2,1-3H3,(H,17,20). The highest BCUT2D eigenvalue weighted by Crippen LogP contribution is 2.17. The Morgan fingerprint density at radius 3 is 2.50 bits per heavy atom. The van der Waals surface area contributed by atoms with E-state index in [0.29, 0.717) is 18.7 Å². The van der Waals surface area contributed by atoms with E-state index in [-0.39, 0.29) is 17.9 Å². The lowest BCUT2D eigenvalue weighted by atomic mass is 10.0. The zero-order valence-electron chi connectivity index (χ0n) is 12.2. The number of fused-ring (bicyclic) bond motifs is 1. The summed E-state index contributed by atoms with van der Waals surface area (Å²) in [5.41, 5.74) is 2.11. The van der Waals surface area contributed by atoms with E-state index in [1.807, 2.05) is 45.0 Å². The predicted molar refractivity (Wildman–Crippen MR) is 80.9 cm³/mol. The molecule has 20 heavy (non-hydrogen) atoms. The summed E-state index contributed by atoms with van der Waals surface area (Å²) in [7, 11) is 0. The van der Waals surface area contributed by atoms with Crippen LogP contribution in [0, 0.1) is 6.92 Å². The van der Waals surface area contributed by atoms with Crippen molar-refractivity contribution in [2.45, 2.75) is 27.2 Å². The van der Waals surface area contributed by atoms with Crippen LogP contribution in [0.4, 0.5) is 0 Å². The summed E-state index contributed by atoms with van der Waals surface area (Å²) >= 11 is 0. The van der Waals surface area contributed by atoms with Crippen molar-refractivity contribution in [3.05, 3.63) is 45.7 Å². The zero-order valence-corrected chi connectivity index (χ0v) is 12.2. The van der Waals surface area contributed by atoms with Gasteiger partial charge in [0.1, 0.15) is 0 Å². The molecule has 1 aromatic heterocycles. The van der Waals surface area contributed by atoms with Gasteiger partial charge in [0.15, 0.2) is 0 Å². The van der Waals surface area contributed by atoms with Gasteiger partial charge in [-0.25, -0.2) is 0 Å². The SMILES string of the molecule is CCN(CC)C(=O)Cc1c(C)c2ccccc2[nH]c1=O. The average Bonchev–Trinajstić information content (AvgIpc) is 2.45. The lowest BCUT2D eigenvalue weighted by Gasteiger charge is -2.19. The Hall–Kier alpha value is -2.10. The van der Waals surface area contributed by atoms with Crippen LogP contribution in [0.15, 0.2) is 29.1 Å². The number of para-hydroxylation sites is 1. The number of likely N-dealkylation sites (N-methyl/N-ethyl adjacent to an activating group) is 1. The number of aromatic amines is 1. The number of amides is 1. The molecule has 1 N–H and O–H groups in total. The molecule has 0 saturated heterocycles. The van der Waals surface area contributed by atoms with Crippen molar-refractivity contribution in [3.63, 3.8) is 0 Å². The maximum absolute atomic E-state index is 12.2. The number of hydrogen-bond donors (Lipinski definition) is 1. The van der Waals surface area contributed by atoms with Crippen molar-refractivity contribution in [2.75, 3.05) is 13.1 Å². The van der Waals surface area contributed by atoms with Gasteiger partial charge >= 0.3 is 0 Å². The number of H-pyrrole nitrogens is 1. The molecule has 1 aromatic carbocycles. The number of benzene rings is 1. The Labute approximate surface area is 118 Å². The van der Waals surface area contributed by atoms with Crippen LogP contribution in [0.2, 0.25) is 0 Å². The first kappa shape index (κ1) is 14.3. The van der Waals surface area contributed by atoms with Crippen molar-refractivity contribution in [1.29, 1.82) is 0 Å². The highest BCUT2D eigenvalue weighted by molar-refractivity contribution is 5.85. The number of nitrogens with zero attached hydrogens (tertiary/aromatic N) is 1. The third-order valence-electron chi connectivity index (χ3n) is 3.75. The molecule has 0 aliphatic carbocycles. The maximum Gasteiger partial charge on any atom is 0.252 e. The maximum atomic E-state index is 12.2. The molecule has 2 rings (SSSR count). The minimum absolute atomic E-state index is 0.00104. The Bertz CT molecular complexity index is 684. The van der Waals surface area contributed by atoms with Crippen molar-refractivity contribution >= 4 is 16.8 Å². The first-order chi connectivity index (χ1) is 9.58. The fourth-order valence-electron chi connectivity index (χ4n) is 2.50. The fourth-order valence-corrected chi connectivity index (χ4v) is 2.50. The molecule has 0 fully saturated rings. The molecule has 106 valence electrons. The van der Waals surface area contributed by atoms with Gasteiger partial charge in [0.25, 0.3) is 5.56 Å². The molecule has 0 radical (unpaired) electrons. The van der Waals surface area contributed by atoms with Crippen LogP contribution in [0.25, 0.3) is 10.9 Å². The smallest absolute Gasteiger partial charge is 0.252 e. The first-order valence-corrected chi connectivity index (χ1v) is 6.96. The van der Waals surface area contributed by atoms with Gasteiger partial charge in [-0.3, -0.25) is 9.59 Å². The third-order valence-corrected chi connectivity index (χ3v) is 3.75. The van der Waals surface area contributed by atoms with E-state index < -0.39 is 0 Å². The predicted octanol–water partition coefficient (Wildman–Crippen LogP) is 2.25. The van der Waals surface area contributed by atoms with Crippen LogP contribution in [0.1, 0.15) is 25.0 Å². The highest BCUT2D eigenvalue weighted by atomic mass is 16.2. The summed E-state index contributed by atoms with van der Waals surface area (Å²) in [6, 6.07) is 7.66. The quantitative estimate of drug-likeness (QED) is 0.928. The van der Waals surface area contributed by atoms with Crippen molar-refractivity contribution < 1.29 is 4.79 Å². The van der Waals surface area contributed by atoms with Crippen LogP contribution in [-0.4, -0.2) is 28.9 Å². The topological polar surface area (TPSA) is 53.2 Å². The second-order valence-corrected chi connectivity index (χ2v) is 4.85. The van der Waals surface area contributed by atoms with Crippen LogP contribution in [-0.2, 0) is 11.2 Å². The van der Waals surface area contributed by atoms with Crippen LogP contribution >= 0.6 is 0 Å². The van der Waals surface area contributed by atoms with E-state index in [4.69, 9.17) is 0 Å². The molecule has 0 bridgehead atoms. The third kappa shape index (κ3) is 2.59. The fraction of sp³-hybridized carbons (Fsp3) is 0.375. The van der Waals surface area contributed by atoms with Crippen LogP contribution in [0.5, 0.6) is 0 Å². The van der Waals surface area contributed by atoms with Crippen LogP contribution in [0.3, 0.4) is 0 Å². The molecule has 4 nitrogen and oxygen atoms in total. The van der Waals surface area contributed by atoms with Gasteiger partial charge in [0, 0.05) is 29.6 Å². The van der Waals surface area contributed by atoms with Gasteiger partial charge < -0.3 is 9.88 Å². The molecule has 0 spiro atoms. The van der Waals surface area contributed by atoms with E-state index in [0.717, 1.165) is 16.5 Å². The number of carbonyl (C=O) groups excluding carboxylic acids is 1. The Morgan fingerprint density at radius 1 is 1.20 bits per heavy atom. The summed E-state index contributed by atoms with van der Waals surface area (Å²) in [6.07, 6.45) is 0.160. The highest BCUT2D eigenvalue weighted by Gasteiger charge is 2.16. The van der Waals surface area contributed by atoms with E-state index in [2.05, 4.69) is 4.98 Å². The molecule has 0 aliphatic heterocycles. The second-order valence-electron chi connectivity index (χ2n) is 4.85. The molecule has 0 saturated carbocycles.